The molecule has 0 spiro atoms. The minimum absolute atomic E-state index is 0.0897. The van der Waals surface area contributed by atoms with E-state index in [1.807, 2.05) is 0 Å². The van der Waals surface area contributed by atoms with Crippen molar-refractivity contribution in [2.75, 3.05) is 34.8 Å². The first-order valence-corrected chi connectivity index (χ1v) is 9.54. The summed E-state index contributed by atoms with van der Waals surface area (Å²) in [5.74, 6) is -0.155. The fourth-order valence-electron chi connectivity index (χ4n) is 3.72. The average molecular weight is 383 g/mol. The second kappa shape index (κ2) is 7.92. The molecule has 1 unspecified atom stereocenters. The molecule has 0 bridgehead atoms. The lowest BCUT2D eigenvalue weighted by Gasteiger charge is -2.27. The number of rotatable bonds is 4. The first-order chi connectivity index (χ1) is 13.6. The van der Waals surface area contributed by atoms with Crippen molar-refractivity contribution in [1.82, 2.24) is 9.97 Å². The molecule has 7 nitrogen and oxygen atoms in total. The quantitative estimate of drug-likeness (QED) is 0.878. The number of amides is 2. The van der Waals surface area contributed by atoms with Gasteiger partial charge in [-0.2, -0.15) is 0 Å². The minimum Gasteiger partial charge on any atom is -0.356 e. The largest absolute Gasteiger partial charge is 0.356 e. The third-order valence-electron chi connectivity index (χ3n) is 5.20. The van der Waals surface area contributed by atoms with Gasteiger partial charge in [0.1, 0.15) is 23.8 Å². The van der Waals surface area contributed by atoms with E-state index in [9.17, 15) is 14.0 Å². The summed E-state index contributed by atoms with van der Waals surface area (Å²) < 4.78 is 13.4. The number of carbonyl (C=O) groups excluding carboxylic acids is 2. The molecule has 8 heteroatoms. The average Bonchev–Trinajstić information content (AvgIpc) is 3.11. The van der Waals surface area contributed by atoms with Crippen LogP contribution in [0, 0.1) is 11.7 Å². The predicted octanol–water partition coefficient (Wildman–Crippen LogP) is 2.60. The first-order valence-electron chi connectivity index (χ1n) is 9.54. The zero-order chi connectivity index (χ0) is 19.5. The predicted molar refractivity (Wildman–Crippen MR) is 104 cm³/mol. The summed E-state index contributed by atoms with van der Waals surface area (Å²) >= 11 is 0. The van der Waals surface area contributed by atoms with Crippen LogP contribution in [-0.4, -0.2) is 41.4 Å². The number of piperidine rings is 1. The molecule has 1 N–H and O–H groups in total. The number of nitrogens with zero attached hydrogens (tertiary/aromatic N) is 4. The van der Waals surface area contributed by atoms with Gasteiger partial charge in [-0.05, 0) is 37.5 Å². The van der Waals surface area contributed by atoms with Crippen molar-refractivity contribution in [3.05, 3.63) is 42.5 Å². The van der Waals surface area contributed by atoms with Crippen molar-refractivity contribution in [2.24, 2.45) is 5.92 Å². The smallest absolute Gasteiger partial charge is 0.230 e. The molecule has 1 atom stereocenters. The van der Waals surface area contributed by atoms with E-state index in [0.717, 1.165) is 31.7 Å². The monoisotopic (exact) mass is 383 g/mol. The fraction of sp³-hybridized carbons (Fsp3) is 0.400. The van der Waals surface area contributed by atoms with Crippen LogP contribution in [0.15, 0.2) is 36.7 Å². The van der Waals surface area contributed by atoms with Crippen molar-refractivity contribution in [3.63, 3.8) is 0 Å². The molecule has 2 aromatic rings. The first kappa shape index (κ1) is 18.3. The van der Waals surface area contributed by atoms with Crippen LogP contribution in [0.25, 0.3) is 0 Å². The van der Waals surface area contributed by atoms with Gasteiger partial charge in [0.05, 0.1) is 5.92 Å². The van der Waals surface area contributed by atoms with Gasteiger partial charge in [-0.25, -0.2) is 14.4 Å². The topological polar surface area (TPSA) is 78.4 Å². The van der Waals surface area contributed by atoms with Crippen LogP contribution in [0.1, 0.15) is 25.7 Å². The van der Waals surface area contributed by atoms with Crippen molar-refractivity contribution in [1.29, 1.82) is 0 Å². The maximum atomic E-state index is 13.4. The number of aromatic nitrogens is 2. The lowest BCUT2D eigenvalue weighted by molar-refractivity contribution is -0.122. The zero-order valence-corrected chi connectivity index (χ0v) is 15.5. The highest BCUT2D eigenvalue weighted by atomic mass is 19.1. The van der Waals surface area contributed by atoms with E-state index in [1.54, 1.807) is 18.2 Å². The van der Waals surface area contributed by atoms with Crippen LogP contribution in [0.4, 0.5) is 21.7 Å². The van der Waals surface area contributed by atoms with Gasteiger partial charge in [0, 0.05) is 37.8 Å². The van der Waals surface area contributed by atoms with Crippen molar-refractivity contribution in [2.45, 2.75) is 25.7 Å². The number of benzene rings is 1. The van der Waals surface area contributed by atoms with Gasteiger partial charge in [-0.15, -0.1) is 0 Å². The molecule has 0 aliphatic carbocycles. The molecule has 3 heterocycles. The van der Waals surface area contributed by atoms with Crippen LogP contribution < -0.4 is 15.1 Å². The number of halogens is 1. The molecule has 2 aliphatic heterocycles. The van der Waals surface area contributed by atoms with Gasteiger partial charge in [-0.3, -0.25) is 9.59 Å². The Balaban J connectivity index is 1.42. The standard InChI is InChI=1S/C20H22FN5O2/c21-15-5-4-6-16(10-15)26-12-14(9-19(26)27)20(28)24-17-11-18(23-13-22-17)25-7-2-1-3-8-25/h4-6,10-11,13-14H,1-3,7-9,12H2,(H,22,23,24,28). The maximum Gasteiger partial charge on any atom is 0.230 e. The van der Waals surface area contributed by atoms with E-state index in [2.05, 4.69) is 20.2 Å². The lowest BCUT2D eigenvalue weighted by atomic mass is 10.1. The van der Waals surface area contributed by atoms with E-state index in [-0.39, 0.29) is 24.8 Å². The number of hydrogen-bond acceptors (Lipinski definition) is 5. The Morgan fingerprint density at radius 2 is 1.96 bits per heavy atom. The summed E-state index contributed by atoms with van der Waals surface area (Å²) in [5, 5.41) is 2.80. The summed E-state index contributed by atoms with van der Waals surface area (Å²) in [5.41, 5.74) is 0.467. The molecule has 146 valence electrons. The molecule has 1 aromatic carbocycles. The number of nitrogens with one attached hydrogen (secondary N) is 1. The van der Waals surface area contributed by atoms with Gasteiger partial charge in [0.15, 0.2) is 0 Å². The summed E-state index contributed by atoms with van der Waals surface area (Å²) in [6.07, 6.45) is 5.02. The summed E-state index contributed by atoms with van der Waals surface area (Å²) in [4.78, 5) is 37.0. The fourth-order valence-corrected chi connectivity index (χ4v) is 3.72. The third-order valence-corrected chi connectivity index (χ3v) is 5.20. The van der Waals surface area contributed by atoms with Crippen molar-refractivity contribution in [3.8, 4) is 0 Å². The highest BCUT2D eigenvalue weighted by Gasteiger charge is 2.35. The molecule has 28 heavy (non-hydrogen) atoms. The van der Waals surface area contributed by atoms with Gasteiger partial charge in [0.25, 0.3) is 0 Å². The second-order valence-corrected chi connectivity index (χ2v) is 7.18. The Labute approximate surface area is 162 Å². The van der Waals surface area contributed by atoms with Gasteiger partial charge in [0.2, 0.25) is 11.8 Å². The van der Waals surface area contributed by atoms with Gasteiger partial charge < -0.3 is 15.1 Å². The Hall–Kier alpha value is -3.03. The van der Waals surface area contributed by atoms with Crippen LogP contribution in [0.5, 0.6) is 0 Å². The Bertz CT molecular complexity index is 884. The van der Waals surface area contributed by atoms with E-state index >= 15 is 0 Å². The Morgan fingerprint density at radius 1 is 1.14 bits per heavy atom. The molecule has 0 saturated carbocycles. The van der Waals surface area contributed by atoms with Crippen molar-refractivity contribution < 1.29 is 14.0 Å². The molecule has 4 rings (SSSR count). The van der Waals surface area contributed by atoms with E-state index in [1.165, 1.54) is 29.8 Å². The van der Waals surface area contributed by atoms with Crippen LogP contribution in [0.2, 0.25) is 0 Å². The molecule has 0 radical (unpaired) electrons. The normalized spacial score (nSPS) is 19.8. The highest BCUT2D eigenvalue weighted by Crippen LogP contribution is 2.27. The number of hydrogen-bond donors (Lipinski definition) is 1. The Morgan fingerprint density at radius 3 is 2.75 bits per heavy atom. The third kappa shape index (κ3) is 3.95. The lowest BCUT2D eigenvalue weighted by Crippen LogP contribution is -2.31. The zero-order valence-electron chi connectivity index (χ0n) is 15.5. The van der Waals surface area contributed by atoms with E-state index in [0.29, 0.717) is 11.5 Å². The minimum atomic E-state index is -0.510. The van der Waals surface area contributed by atoms with Crippen LogP contribution in [-0.2, 0) is 9.59 Å². The van der Waals surface area contributed by atoms with E-state index < -0.39 is 11.7 Å². The number of carbonyl (C=O) groups is 2. The molecular weight excluding hydrogens is 361 g/mol. The van der Waals surface area contributed by atoms with Gasteiger partial charge in [-0.1, -0.05) is 6.07 Å². The molecule has 2 saturated heterocycles. The molecule has 2 amide bonds. The summed E-state index contributed by atoms with van der Waals surface area (Å²) in [6, 6.07) is 7.60. The maximum absolute atomic E-state index is 13.4. The van der Waals surface area contributed by atoms with Gasteiger partial charge >= 0.3 is 0 Å². The molecule has 1 aromatic heterocycles. The SMILES string of the molecule is O=C(Nc1cc(N2CCCCC2)ncn1)C1CC(=O)N(c2cccc(F)c2)C1. The summed E-state index contributed by atoms with van der Waals surface area (Å²) in [7, 11) is 0. The van der Waals surface area contributed by atoms with E-state index in [4.69, 9.17) is 0 Å². The number of anilines is 3. The Kier molecular flexibility index (Phi) is 5.18. The second-order valence-electron chi connectivity index (χ2n) is 7.18. The van der Waals surface area contributed by atoms with Crippen LogP contribution in [0.3, 0.4) is 0 Å². The highest BCUT2D eigenvalue weighted by molar-refractivity contribution is 6.03. The van der Waals surface area contributed by atoms with Crippen LogP contribution >= 0.6 is 0 Å². The molecule has 2 aliphatic rings. The van der Waals surface area contributed by atoms with Crippen molar-refractivity contribution >= 4 is 29.1 Å². The molecule has 2 fully saturated rings. The molecular formula is C20H22FN5O2. The summed E-state index contributed by atoms with van der Waals surface area (Å²) in [6.45, 7) is 2.12.